The highest BCUT2D eigenvalue weighted by Gasteiger charge is 2.31. The lowest BCUT2D eigenvalue weighted by molar-refractivity contribution is 0.246. The number of thiazole rings is 1. The zero-order valence-corrected chi connectivity index (χ0v) is 14.9. The molecule has 0 spiro atoms. The van der Waals surface area contributed by atoms with Crippen LogP contribution in [0.15, 0.2) is 4.21 Å². The number of likely N-dealkylation sites (N-methyl/N-ethyl adjacent to an activating group) is 2. The second kappa shape index (κ2) is 6.09. The van der Waals surface area contributed by atoms with Crippen molar-refractivity contribution >= 4 is 21.4 Å². The van der Waals surface area contributed by atoms with Crippen LogP contribution in [0.5, 0.6) is 0 Å². The Morgan fingerprint density at radius 3 is 2.25 bits per heavy atom. The smallest absolute Gasteiger partial charge is 0.254 e. The van der Waals surface area contributed by atoms with Crippen molar-refractivity contribution in [3.63, 3.8) is 0 Å². The van der Waals surface area contributed by atoms with E-state index < -0.39 is 10.0 Å². The minimum atomic E-state index is -3.46. The molecule has 0 bridgehead atoms. The molecule has 0 fully saturated rings. The molecule has 1 aromatic rings. The Balaban J connectivity index is 3.02. The quantitative estimate of drug-likeness (QED) is 0.902. The maximum Gasteiger partial charge on any atom is 0.254 e. The van der Waals surface area contributed by atoms with E-state index >= 15 is 0 Å². The number of nitrogens with zero attached hydrogens (tertiary/aromatic N) is 2. The second-order valence-corrected chi connectivity index (χ2v) is 9.54. The summed E-state index contributed by atoms with van der Waals surface area (Å²) in [5.41, 5.74) is 0.563. The van der Waals surface area contributed by atoms with E-state index in [0.717, 1.165) is 5.01 Å². The number of hydrogen-bond acceptors (Lipinski definition) is 5. The van der Waals surface area contributed by atoms with Crippen molar-refractivity contribution in [2.75, 3.05) is 20.6 Å². The molecule has 0 aromatic carbocycles. The van der Waals surface area contributed by atoms with Gasteiger partial charge in [0.05, 0.1) is 10.7 Å². The van der Waals surface area contributed by atoms with E-state index in [-0.39, 0.29) is 11.5 Å². The second-order valence-electron chi connectivity index (χ2n) is 6.10. The summed E-state index contributed by atoms with van der Waals surface area (Å²) in [6.45, 7) is 10.3. The summed E-state index contributed by atoms with van der Waals surface area (Å²) in [6.07, 6.45) is 0. The van der Waals surface area contributed by atoms with Crippen molar-refractivity contribution in [1.82, 2.24) is 14.6 Å². The first-order valence-corrected chi connectivity index (χ1v) is 8.83. The van der Waals surface area contributed by atoms with E-state index in [1.807, 2.05) is 14.0 Å². The molecule has 116 valence electrons. The first kappa shape index (κ1) is 17.6. The minimum Gasteiger partial charge on any atom is -0.315 e. The van der Waals surface area contributed by atoms with Gasteiger partial charge in [0.25, 0.3) is 10.0 Å². The molecule has 0 aliphatic carbocycles. The normalized spacial score (nSPS) is 14.8. The minimum absolute atomic E-state index is 0.0167. The molecular weight excluding hydrogens is 294 g/mol. The van der Waals surface area contributed by atoms with Crippen LogP contribution in [0.4, 0.5) is 0 Å². The lowest BCUT2D eigenvalue weighted by Gasteiger charge is -2.33. The molecule has 1 aromatic heterocycles. The zero-order chi connectivity index (χ0) is 15.7. The van der Waals surface area contributed by atoms with Crippen LogP contribution in [0, 0.1) is 19.3 Å². The van der Waals surface area contributed by atoms with Crippen LogP contribution in [0.3, 0.4) is 0 Å². The standard InChI is InChI=1S/C13H25N3O2S2/c1-9-12(19-10(2)15-9)20(17,18)16(7)8-11(14-6)13(3,4)5/h11,14H,8H2,1-7H3/t11-/m1/s1. The number of rotatable bonds is 5. The van der Waals surface area contributed by atoms with Gasteiger partial charge in [0.1, 0.15) is 0 Å². The number of aromatic nitrogens is 1. The fraction of sp³-hybridized carbons (Fsp3) is 0.769. The van der Waals surface area contributed by atoms with Gasteiger partial charge in [-0.15, -0.1) is 11.3 Å². The molecule has 1 atom stereocenters. The molecule has 0 radical (unpaired) electrons. The van der Waals surface area contributed by atoms with Crippen LogP contribution >= 0.6 is 11.3 Å². The van der Waals surface area contributed by atoms with E-state index in [2.05, 4.69) is 31.1 Å². The molecule has 1 rings (SSSR count). The lowest BCUT2D eigenvalue weighted by Crippen LogP contribution is -2.47. The average molecular weight is 319 g/mol. The number of nitrogens with one attached hydrogen (secondary N) is 1. The van der Waals surface area contributed by atoms with Gasteiger partial charge in [-0.25, -0.2) is 13.4 Å². The van der Waals surface area contributed by atoms with Crippen molar-refractivity contribution < 1.29 is 8.42 Å². The first-order chi connectivity index (χ1) is 9.00. The van der Waals surface area contributed by atoms with E-state index in [1.54, 1.807) is 14.0 Å². The average Bonchev–Trinajstić information content (AvgIpc) is 2.63. The van der Waals surface area contributed by atoms with Gasteiger partial charge in [0, 0.05) is 19.6 Å². The van der Waals surface area contributed by atoms with E-state index in [1.165, 1.54) is 15.6 Å². The van der Waals surface area contributed by atoms with Crippen molar-refractivity contribution in [2.45, 2.75) is 44.9 Å². The summed E-state index contributed by atoms with van der Waals surface area (Å²) in [4.78, 5) is 4.20. The first-order valence-electron chi connectivity index (χ1n) is 6.57. The lowest BCUT2D eigenvalue weighted by atomic mass is 9.87. The highest BCUT2D eigenvalue weighted by molar-refractivity contribution is 7.91. The van der Waals surface area contributed by atoms with Gasteiger partial charge in [0.15, 0.2) is 4.21 Å². The number of aryl methyl sites for hydroxylation is 2. The van der Waals surface area contributed by atoms with Crippen LogP contribution in [-0.2, 0) is 10.0 Å². The van der Waals surface area contributed by atoms with E-state index in [9.17, 15) is 8.42 Å². The Labute approximate surface area is 126 Å². The van der Waals surface area contributed by atoms with Crippen molar-refractivity contribution in [3.05, 3.63) is 10.7 Å². The van der Waals surface area contributed by atoms with Crippen molar-refractivity contribution in [3.8, 4) is 0 Å². The predicted octanol–water partition coefficient (Wildman–Crippen LogP) is 2.01. The summed E-state index contributed by atoms with van der Waals surface area (Å²) in [5, 5.41) is 3.97. The fourth-order valence-electron chi connectivity index (χ4n) is 2.05. The summed E-state index contributed by atoms with van der Waals surface area (Å²) in [7, 11) is 0.0196. The summed E-state index contributed by atoms with van der Waals surface area (Å²) >= 11 is 1.23. The highest BCUT2D eigenvalue weighted by atomic mass is 32.2. The Hall–Kier alpha value is -0.500. The summed E-state index contributed by atoms with van der Waals surface area (Å²) in [6, 6.07) is 0.0802. The van der Waals surface area contributed by atoms with Gasteiger partial charge < -0.3 is 5.32 Å². The SMILES string of the molecule is CN[C@H](CN(C)S(=O)(=O)c1sc(C)nc1C)C(C)(C)C. The highest BCUT2D eigenvalue weighted by Crippen LogP contribution is 2.27. The van der Waals surface area contributed by atoms with Crippen LogP contribution < -0.4 is 5.32 Å². The van der Waals surface area contributed by atoms with Crippen LogP contribution in [-0.4, -0.2) is 44.4 Å². The Kier molecular flexibility index (Phi) is 5.34. The molecule has 0 saturated carbocycles. The topological polar surface area (TPSA) is 62.3 Å². The Morgan fingerprint density at radius 1 is 1.35 bits per heavy atom. The van der Waals surface area contributed by atoms with Gasteiger partial charge in [-0.3, -0.25) is 0 Å². The van der Waals surface area contributed by atoms with Gasteiger partial charge in [-0.05, 0) is 26.3 Å². The Morgan fingerprint density at radius 2 is 1.90 bits per heavy atom. The fourth-order valence-corrected chi connectivity index (χ4v) is 4.90. The summed E-state index contributed by atoms with van der Waals surface area (Å²) in [5.74, 6) is 0. The van der Waals surface area contributed by atoms with E-state index in [4.69, 9.17) is 0 Å². The maximum atomic E-state index is 12.6. The molecule has 0 saturated heterocycles. The molecule has 0 unspecified atom stereocenters. The molecule has 0 aliphatic heterocycles. The molecular formula is C13H25N3O2S2. The van der Waals surface area contributed by atoms with Crippen LogP contribution in [0.25, 0.3) is 0 Å². The number of sulfonamides is 1. The summed E-state index contributed by atoms with van der Waals surface area (Å²) < 4.78 is 27.0. The Bertz CT molecular complexity index is 559. The molecule has 5 nitrogen and oxygen atoms in total. The third-order valence-corrected chi connectivity index (χ3v) is 6.82. The van der Waals surface area contributed by atoms with Crippen LogP contribution in [0.1, 0.15) is 31.5 Å². The largest absolute Gasteiger partial charge is 0.315 e. The molecule has 7 heteroatoms. The van der Waals surface area contributed by atoms with E-state index in [0.29, 0.717) is 16.4 Å². The van der Waals surface area contributed by atoms with Crippen molar-refractivity contribution in [1.29, 1.82) is 0 Å². The number of hydrogen-bond donors (Lipinski definition) is 1. The monoisotopic (exact) mass is 319 g/mol. The predicted molar refractivity (Wildman–Crippen MR) is 83.7 cm³/mol. The molecule has 0 amide bonds. The van der Waals surface area contributed by atoms with Crippen LogP contribution in [0.2, 0.25) is 0 Å². The molecule has 0 aliphatic rings. The van der Waals surface area contributed by atoms with Gasteiger partial charge in [-0.1, -0.05) is 20.8 Å². The maximum absolute atomic E-state index is 12.6. The van der Waals surface area contributed by atoms with Crippen molar-refractivity contribution in [2.24, 2.45) is 5.41 Å². The zero-order valence-electron chi connectivity index (χ0n) is 13.3. The molecule has 20 heavy (non-hydrogen) atoms. The molecule has 1 N–H and O–H groups in total. The molecule has 1 heterocycles. The third-order valence-electron chi connectivity index (χ3n) is 3.34. The third kappa shape index (κ3) is 3.78. The van der Waals surface area contributed by atoms with Gasteiger partial charge >= 0.3 is 0 Å². The van der Waals surface area contributed by atoms with Gasteiger partial charge in [-0.2, -0.15) is 4.31 Å². The van der Waals surface area contributed by atoms with Gasteiger partial charge in [0.2, 0.25) is 0 Å².